The molecule has 8 nitrogen and oxygen atoms in total. The Morgan fingerprint density at radius 1 is 0.872 bits per heavy atom. The first kappa shape index (κ1) is 27.6. The van der Waals surface area contributed by atoms with Crippen molar-refractivity contribution in [2.75, 3.05) is 68.7 Å². The van der Waals surface area contributed by atoms with Crippen LogP contribution in [0.3, 0.4) is 0 Å². The molecule has 0 atom stereocenters. The van der Waals surface area contributed by atoms with Crippen LogP contribution in [0, 0.1) is 0 Å². The van der Waals surface area contributed by atoms with Crippen LogP contribution < -0.4 is 15.1 Å². The van der Waals surface area contributed by atoms with Gasteiger partial charge in [0, 0.05) is 82.5 Å². The van der Waals surface area contributed by atoms with Crippen molar-refractivity contribution in [2.24, 2.45) is 0 Å². The van der Waals surface area contributed by atoms with Crippen LogP contribution in [0.1, 0.15) is 6.92 Å². The Morgan fingerprint density at radius 2 is 1.51 bits per heavy atom. The number of hydrogen-bond donors (Lipinski definition) is 1. The molecule has 4 heterocycles. The molecule has 0 unspecified atom stereocenters. The first-order chi connectivity index (χ1) is 18.6. The molecule has 0 bridgehead atoms. The van der Waals surface area contributed by atoms with E-state index in [1.807, 2.05) is 22.5 Å². The van der Waals surface area contributed by atoms with Gasteiger partial charge < -0.3 is 24.9 Å². The molecule has 1 aromatic carbocycles. The fourth-order valence-corrected chi connectivity index (χ4v) is 5.70. The zero-order valence-electron chi connectivity index (χ0n) is 24.6. The average Bonchev–Trinajstić information content (AvgIpc) is 3.37. The lowest BCUT2D eigenvalue weighted by atomic mass is 9.26. The van der Waals surface area contributed by atoms with Gasteiger partial charge >= 0.3 is 6.03 Å². The van der Waals surface area contributed by atoms with Gasteiger partial charge in [-0.05, 0) is 36.8 Å². The monoisotopic (exact) mass is 521 g/mol. The first-order valence-corrected chi connectivity index (χ1v) is 14.4. The zero-order valence-corrected chi connectivity index (χ0v) is 24.6. The SMILES string of the molecule is BC(B)(B)C(B)(B)N1CCN(c2ccc(-c3cc4c(N5CCN(C(=O)NCC)CC5)ccnn4c3)cc2)CC1. The normalized spacial score (nSPS) is 17.5. The van der Waals surface area contributed by atoms with Crippen molar-refractivity contribution >= 4 is 62.2 Å². The van der Waals surface area contributed by atoms with Crippen molar-refractivity contribution in [2.45, 2.75) is 17.4 Å². The maximum absolute atomic E-state index is 12.2. The number of hydrogen-bond acceptors (Lipinski definition) is 5. The molecule has 5 rings (SSSR count). The van der Waals surface area contributed by atoms with Gasteiger partial charge in [0.1, 0.15) is 15.7 Å². The van der Waals surface area contributed by atoms with E-state index in [1.165, 1.54) is 22.5 Å². The number of urea groups is 1. The predicted octanol–water partition coefficient (Wildman–Crippen LogP) is -2.13. The minimum Gasteiger partial charge on any atom is -0.369 e. The first-order valence-electron chi connectivity index (χ1n) is 14.4. The van der Waals surface area contributed by atoms with E-state index in [0.717, 1.165) is 57.9 Å². The standard InChI is InChI=1S/C26H40B5N7O/c1-2-32-24(39)36-11-9-35(10-12-36)22-7-8-33-38-18-20(17-23(22)38)19-3-5-21(6-4-19)34-13-15-37(16-14-34)26(30,31)25(27,28)29/h3-8,17-18H,2,9-16,27-31H2,1H3,(H,32,39). The van der Waals surface area contributed by atoms with E-state index in [9.17, 15) is 4.79 Å². The average molecular weight is 521 g/mol. The molecule has 2 aromatic heterocycles. The molecular weight excluding hydrogens is 480 g/mol. The minimum atomic E-state index is 0.0288. The Kier molecular flexibility index (Phi) is 7.73. The zero-order chi connectivity index (χ0) is 27.8. The van der Waals surface area contributed by atoms with Crippen molar-refractivity contribution < 1.29 is 4.79 Å². The summed E-state index contributed by atoms with van der Waals surface area (Å²) < 4.78 is 1.98. The van der Waals surface area contributed by atoms with E-state index in [0.29, 0.717) is 6.54 Å². The van der Waals surface area contributed by atoms with Crippen LogP contribution in [-0.2, 0) is 0 Å². The van der Waals surface area contributed by atoms with Gasteiger partial charge in [-0.15, -0.1) is 5.11 Å². The molecule has 2 aliphatic rings. The van der Waals surface area contributed by atoms with Gasteiger partial charge in [-0.1, -0.05) is 17.5 Å². The number of nitrogens with one attached hydrogen (secondary N) is 1. The molecule has 2 fully saturated rings. The van der Waals surface area contributed by atoms with E-state index in [2.05, 4.69) is 107 Å². The molecule has 2 amide bonds. The molecule has 0 radical (unpaired) electrons. The van der Waals surface area contributed by atoms with E-state index in [1.54, 1.807) is 0 Å². The van der Waals surface area contributed by atoms with E-state index in [-0.39, 0.29) is 16.5 Å². The van der Waals surface area contributed by atoms with Gasteiger partial charge in [0.05, 0.1) is 34.7 Å². The number of benzene rings is 1. The van der Waals surface area contributed by atoms with Crippen molar-refractivity contribution in [1.29, 1.82) is 0 Å². The topological polar surface area (TPSA) is 59.4 Å². The Bertz CT molecular complexity index is 1290. The third-order valence-corrected chi connectivity index (χ3v) is 9.19. The van der Waals surface area contributed by atoms with Crippen LogP contribution >= 0.6 is 0 Å². The van der Waals surface area contributed by atoms with E-state index in [4.69, 9.17) is 0 Å². The van der Waals surface area contributed by atoms with Gasteiger partial charge in [-0.2, -0.15) is 5.10 Å². The van der Waals surface area contributed by atoms with Crippen molar-refractivity contribution in [3.05, 3.63) is 48.8 Å². The molecule has 200 valence electrons. The van der Waals surface area contributed by atoms with Crippen LogP contribution in [0.15, 0.2) is 48.8 Å². The highest BCUT2D eigenvalue weighted by molar-refractivity contribution is 6.67. The Labute approximate surface area is 237 Å². The summed E-state index contributed by atoms with van der Waals surface area (Å²) >= 11 is 0. The summed E-state index contributed by atoms with van der Waals surface area (Å²) in [7, 11) is 11.8. The lowest BCUT2D eigenvalue weighted by Gasteiger charge is -2.52. The Morgan fingerprint density at radius 3 is 2.13 bits per heavy atom. The highest BCUT2D eigenvalue weighted by Crippen LogP contribution is 2.32. The van der Waals surface area contributed by atoms with Gasteiger partial charge in [0.15, 0.2) is 0 Å². The van der Waals surface area contributed by atoms with Gasteiger partial charge in [-0.3, -0.25) is 0 Å². The van der Waals surface area contributed by atoms with Crippen LogP contribution in [0.4, 0.5) is 16.2 Å². The highest BCUT2D eigenvalue weighted by atomic mass is 16.2. The molecule has 39 heavy (non-hydrogen) atoms. The van der Waals surface area contributed by atoms with Crippen molar-refractivity contribution in [3.63, 3.8) is 0 Å². The third kappa shape index (κ3) is 5.56. The number of amides is 2. The van der Waals surface area contributed by atoms with Gasteiger partial charge in [-0.25, -0.2) is 9.31 Å². The van der Waals surface area contributed by atoms with Gasteiger partial charge in [0.25, 0.3) is 0 Å². The summed E-state index contributed by atoms with van der Waals surface area (Å²) in [6.07, 6.45) is 3.98. The summed E-state index contributed by atoms with van der Waals surface area (Å²) in [6.45, 7) is 9.95. The summed E-state index contributed by atoms with van der Waals surface area (Å²) in [5.41, 5.74) is 5.92. The molecule has 13 heteroatoms. The van der Waals surface area contributed by atoms with Crippen LogP contribution in [0.2, 0.25) is 5.11 Å². The van der Waals surface area contributed by atoms with E-state index >= 15 is 0 Å². The third-order valence-electron chi connectivity index (χ3n) is 9.19. The lowest BCUT2D eigenvalue weighted by Crippen LogP contribution is -2.64. The summed E-state index contributed by atoms with van der Waals surface area (Å²) in [5.74, 6) is 0. The van der Waals surface area contributed by atoms with Crippen molar-refractivity contribution in [3.8, 4) is 11.1 Å². The lowest BCUT2D eigenvalue weighted by molar-refractivity contribution is 0.195. The number of aromatic nitrogens is 2. The maximum atomic E-state index is 12.2. The second kappa shape index (κ2) is 10.9. The predicted molar refractivity (Wildman–Crippen MR) is 175 cm³/mol. The molecule has 0 spiro atoms. The molecule has 0 aliphatic carbocycles. The molecule has 0 saturated carbocycles. The minimum absolute atomic E-state index is 0.0288. The smallest absolute Gasteiger partial charge is 0.317 e. The molecule has 1 N–H and O–H groups in total. The largest absolute Gasteiger partial charge is 0.369 e. The number of anilines is 2. The number of rotatable bonds is 6. The number of fused-ring (bicyclic) bond motifs is 1. The molecular formula is C26H40B5N7O. The second-order valence-corrected chi connectivity index (χ2v) is 12.4. The summed E-state index contributed by atoms with van der Waals surface area (Å²) in [6, 6.07) is 13.3. The number of carbonyl (C=O) groups excluding carboxylic acids is 1. The molecule has 2 aliphatic heterocycles. The Hall–Kier alpha value is -2.94. The molecule has 3 aromatic rings. The molecule has 2 saturated heterocycles. The number of carbonyl (C=O) groups is 1. The van der Waals surface area contributed by atoms with E-state index < -0.39 is 0 Å². The van der Waals surface area contributed by atoms with Crippen LogP contribution in [-0.4, -0.2) is 129 Å². The number of nitrogens with zero attached hydrogens (tertiary/aromatic N) is 6. The summed E-state index contributed by atoms with van der Waals surface area (Å²) in [4.78, 5) is 21.6. The highest BCUT2D eigenvalue weighted by Gasteiger charge is 2.38. The fraction of sp³-hybridized carbons (Fsp3) is 0.462. The quantitative estimate of drug-likeness (QED) is 0.377. The second-order valence-electron chi connectivity index (χ2n) is 12.4. The fourth-order valence-electron chi connectivity index (χ4n) is 5.70. The Balaban J connectivity index is 1.26. The summed E-state index contributed by atoms with van der Waals surface area (Å²) in [5, 5.41) is 7.91. The van der Waals surface area contributed by atoms with Crippen LogP contribution in [0.5, 0.6) is 0 Å². The number of piperazine rings is 2. The maximum Gasteiger partial charge on any atom is 0.317 e. The van der Waals surface area contributed by atoms with Crippen molar-refractivity contribution in [1.82, 2.24) is 24.7 Å². The van der Waals surface area contributed by atoms with Gasteiger partial charge in [0.2, 0.25) is 0 Å². The van der Waals surface area contributed by atoms with Crippen LogP contribution in [0.25, 0.3) is 16.6 Å².